The van der Waals surface area contributed by atoms with Crippen LogP contribution in [0.15, 0.2) is 33.7 Å². The van der Waals surface area contributed by atoms with Crippen molar-refractivity contribution in [2.45, 2.75) is 30.1 Å². The number of hydrogen-bond donors (Lipinski definition) is 1. The SMILES string of the molecule is CSc1ccc(-c2noc(C3CCCC3CN)n2)cc1. The smallest absolute Gasteiger partial charge is 0.230 e. The van der Waals surface area contributed by atoms with Crippen molar-refractivity contribution in [1.82, 2.24) is 10.1 Å². The topological polar surface area (TPSA) is 64.9 Å². The van der Waals surface area contributed by atoms with Gasteiger partial charge < -0.3 is 10.3 Å². The van der Waals surface area contributed by atoms with Crippen LogP contribution in [0.3, 0.4) is 0 Å². The summed E-state index contributed by atoms with van der Waals surface area (Å²) in [6, 6.07) is 8.23. The van der Waals surface area contributed by atoms with Gasteiger partial charge in [0.1, 0.15) is 0 Å². The second-order valence-corrected chi connectivity index (χ2v) is 6.10. The van der Waals surface area contributed by atoms with Gasteiger partial charge in [0.25, 0.3) is 0 Å². The van der Waals surface area contributed by atoms with Gasteiger partial charge in [-0.2, -0.15) is 4.98 Å². The minimum Gasteiger partial charge on any atom is -0.339 e. The van der Waals surface area contributed by atoms with Crippen molar-refractivity contribution < 1.29 is 4.52 Å². The Balaban J connectivity index is 1.82. The molecule has 1 aliphatic rings. The summed E-state index contributed by atoms with van der Waals surface area (Å²) in [4.78, 5) is 5.81. The second-order valence-electron chi connectivity index (χ2n) is 5.22. The van der Waals surface area contributed by atoms with Crippen LogP contribution in [0.5, 0.6) is 0 Å². The van der Waals surface area contributed by atoms with E-state index in [9.17, 15) is 0 Å². The van der Waals surface area contributed by atoms with Crippen LogP contribution in [0.25, 0.3) is 11.4 Å². The van der Waals surface area contributed by atoms with Crippen molar-refractivity contribution in [3.8, 4) is 11.4 Å². The Morgan fingerprint density at radius 2 is 2.10 bits per heavy atom. The predicted molar refractivity (Wildman–Crippen MR) is 80.7 cm³/mol. The Bertz CT molecular complexity index is 567. The van der Waals surface area contributed by atoms with E-state index in [2.05, 4.69) is 28.5 Å². The number of nitrogens with two attached hydrogens (primary N) is 1. The summed E-state index contributed by atoms with van der Waals surface area (Å²) in [7, 11) is 0. The molecule has 20 heavy (non-hydrogen) atoms. The minimum atomic E-state index is 0.340. The third-order valence-corrected chi connectivity index (χ3v) is 4.81. The number of thioether (sulfide) groups is 1. The van der Waals surface area contributed by atoms with E-state index >= 15 is 0 Å². The van der Waals surface area contributed by atoms with Crippen LogP contribution in [0.4, 0.5) is 0 Å². The van der Waals surface area contributed by atoms with Gasteiger partial charge in [-0.1, -0.05) is 11.6 Å². The normalized spacial score (nSPS) is 22.3. The molecule has 0 aliphatic heterocycles. The van der Waals surface area contributed by atoms with Crippen molar-refractivity contribution in [2.75, 3.05) is 12.8 Å². The summed E-state index contributed by atoms with van der Waals surface area (Å²) in [6.45, 7) is 0.699. The Hall–Kier alpha value is -1.33. The van der Waals surface area contributed by atoms with Crippen LogP contribution < -0.4 is 5.73 Å². The summed E-state index contributed by atoms with van der Waals surface area (Å²) < 4.78 is 5.47. The van der Waals surface area contributed by atoms with Crippen molar-refractivity contribution in [1.29, 1.82) is 0 Å². The number of benzene rings is 1. The molecule has 1 heterocycles. The molecule has 1 aromatic carbocycles. The van der Waals surface area contributed by atoms with Crippen LogP contribution in [0, 0.1) is 5.92 Å². The van der Waals surface area contributed by atoms with Gasteiger partial charge in [0.05, 0.1) is 0 Å². The van der Waals surface area contributed by atoms with E-state index in [1.807, 2.05) is 12.1 Å². The molecule has 2 aromatic rings. The molecule has 2 unspecified atom stereocenters. The molecule has 1 aliphatic carbocycles. The fourth-order valence-corrected chi connectivity index (χ4v) is 3.30. The highest BCUT2D eigenvalue weighted by Gasteiger charge is 2.31. The summed E-state index contributed by atoms with van der Waals surface area (Å²) in [6.07, 6.45) is 5.54. The molecule has 1 saturated carbocycles. The highest BCUT2D eigenvalue weighted by molar-refractivity contribution is 7.98. The summed E-state index contributed by atoms with van der Waals surface area (Å²) in [5, 5.41) is 4.12. The van der Waals surface area contributed by atoms with Gasteiger partial charge in [0.2, 0.25) is 11.7 Å². The van der Waals surface area contributed by atoms with E-state index in [4.69, 9.17) is 10.3 Å². The predicted octanol–water partition coefficient (Wildman–Crippen LogP) is 3.30. The number of rotatable bonds is 4. The van der Waals surface area contributed by atoms with Gasteiger partial charge in [-0.3, -0.25) is 0 Å². The first-order valence-electron chi connectivity index (χ1n) is 7.00. The lowest BCUT2D eigenvalue weighted by molar-refractivity contribution is 0.326. The maximum absolute atomic E-state index is 5.82. The average Bonchev–Trinajstić information content (AvgIpc) is 3.15. The molecule has 1 aromatic heterocycles. The molecular formula is C15H19N3OS. The molecule has 2 atom stereocenters. The monoisotopic (exact) mass is 289 g/mol. The largest absolute Gasteiger partial charge is 0.339 e. The first-order chi connectivity index (χ1) is 9.81. The third-order valence-electron chi connectivity index (χ3n) is 4.07. The van der Waals surface area contributed by atoms with E-state index < -0.39 is 0 Å². The lowest BCUT2D eigenvalue weighted by Crippen LogP contribution is -2.17. The first-order valence-corrected chi connectivity index (χ1v) is 8.22. The molecule has 0 saturated heterocycles. The highest BCUT2D eigenvalue weighted by atomic mass is 32.2. The molecule has 106 valence electrons. The molecule has 0 radical (unpaired) electrons. The quantitative estimate of drug-likeness (QED) is 0.875. The maximum Gasteiger partial charge on any atom is 0.230 e. The number of nitrogens with zero attached hydrogens (tertiary/aromatic N) is 2. The van der Waals surface area contributed by atoms with Gasteiger partial charge in [-0.25, -0.2) is 0 Å². The van der Waals surface area contributed by atoms with E-state index in [0.717, 1.165) is 17.9 Å². The van der Waals surface area contributed by atoms with Gasteiger partial charge in [0.15, 0.2) is 0 Å². The zero-order valence-corrected chi connectivity index (χ0v) is 12.4. The number of hydrogen-bond acceptors (Lipinski definition) is 5. The summed E-state index contributed by atoms with van der Waals surface area (Å²) >= 11 is 1.72. The summed E-state index contributed by atoms with van der Waals surface area (Å²) in [5.74, 6) is 2.26. The maximum atomic E-state index is 5.82. The molecule has 0 amide bonds. The molecule has 5 heteroatoms. The molecule has 1 fully saturated rings. The molecule has 4 nitrogen and oxygen atoms in total. The van der Waals surface area contributed by atoms with Crippen molar-refractivity contribution in [2.24, 2.45) is 11.7 Å². The Kier molecular flexibility index (Phi) is 4.08. The van der Waals surface area contributed by atoms with Crippen LogP contribution in [-0.2, 0) is 0 Å². The van der Waals surface area contributed by atoms with Gasteiger partial charge in [-0.05, 0) is 55.8 Å². The average molecular weight is 289 g/mol. The van der Waals surface area contributed by atoms with E-state index in [1.165, 1.54) is 17.7 Å². The highest BCUT2D eigenvalue weighted by Crippen LogP contribution is 2.38. The van der Waals surface area contributed by atoms with Crippen molar-refractivity contribution in [3.63, 3.8) is 0 Å². The van der Waals surface area contributed by atoms with E-state index in [0.29, 0.717) is 24.2 Å². The van der Waals surface area contributed by atoms with Crippen LogP contribution in [-0.4, -0.2) is 22.9 Å². The Labute approximate surface area is 123 Å². The van der Waals surface area contributed by atoms with Gasteiger partial charge >= 0.3 is 0 Å². The third kappa shape index (κ3) is 2.60. The Morgan fingerprint density at radius 3 is 2.80 bits per heavy atom. The summed E-state index contributed by atoms with van der Waals surface area (Å²) in [5.41, 5.74) is 6.82. The van der Waals surface area contributed by atoms with Gasteiger partial charge in [0, 0.05) is 16.4 Å². The zero-order valence-electron chi connectivity index (χ0n) is 11.6. The molecule has 3 rings (SSSR count). The van der Waals surface area contributed by atoms with E-state index in [-0.39, 0.29) is 0 Å². The zero-order chi connectivity index (χ0) is 13.9. The Morgan fingerprint density at radius 1 is 1.30 bits per heavy atom. The molecule has 2 N–H and O–H groups in total. The fraction of sp³-hybridized carbons (Fsp3) is 0.467. The number of aromatic nitrogens is 2. The van der Waals surface area contributed by atoms with Crippen molar-refractivity contribution in [3.05, 3.63) is 30.2 Å². The molecular weight excluding hydrogens is 270 g/mol. The lowest BCUT2D eigenvalue weighted by Gasteiger charge is -2.12. The van der Waals surface area contributed by atoms with Crippen LogP contribution >= 0.6 is 11.8 Å². The van der Waals surface area contributed by atoms with Crippen molar-refractivity contribution >= 4 is 11.8 Å². The minimum absolute atomic E-state index is 0.340. The fourth-order valence-electron chi connectivity index (χ4n) is 2.89. The lowest BCUT2D eigenvalue weighted by atomic mass is 9.96. The van der Waals surface area contributed by atoms with Gasteiger partial charge in [-0.15, -0.1) is 11.8 Å². The standard InChI is InChI=1S/C15H19N3OS/c1-20-12-7-5-10(6-8-12)14-17-15(19-18-14)13-4-2-3-11(13)9-16/h5-8,11,13H,2-4,9,16H2,1H3. The van der Waals surface area contributed by atoms with Crippen LogP contribution in [0.2, 0.25) is 0 Å². The van der Waals surface area contributed by atoms with Crippen LogP contribution in [0.1, 0.15) is 31.1 Å². The molecule has 0 bridgehead atoms. The molecule has 0 spiro atoms. The van der Waals surface area contributed by atoms with E-state index in [1.54, 1.807) is 11.8 Å². The second kappa shape index (κ2) is 5.97. The first kappa shape index (κ1) is 13.6.